The van der Waals surface area contributed by atoms with Crippen LogP contribution in [0.4, 0.5) is 5.69 Å². The number of ether oxygens (including phenoxy) is 1. The first-order chi connectivity index (χ1) is 10.0. The van der Waals surface area contributed by atoms with Crippen molar-refractivity contribution in [2.45, 2.75) is 59.2 Å². The third-order valence-corrected chi connectivity index (χ3v) is 4.57. The van der Waals surface area contributed by atoms with E-state index in [2.05, 4.69) is 69.1 Å². The fourth-order valence-electron chi connectivity index (χ4n) is 3.27. The van der Waals surface area contributed by atoms with E-state index in [0.29, 0.717) is 18.0 Å². The zero-order chi connectivity index (χ0) is 15.4. The molecule has 3 unspecified atom stereocenters. The second kappa shape index (κ2) is 7.17. The molecule has 0 bridgehead atoms. The summed E-state index contributed by atoms with van der Waals surface area (Å²) in [7, 11) is 0. The molecule has 1 N–H and O–H groups in total. The number of hydrogen-bond donors (Lipinski definition) is 1. The van der Waals surface area contributed by atoms with Crippen LogP contribution < -0.4 is 15.0 Å². The zero-order valence-electron chi connectivity index (χ0n) is 14.1. The third-order valence-electron chi connectivity index (χ3n) is 4.57. The zero-order valence-corrected chi connectivity index (χ0v) is 14.1. The van der Waals surface area contributed by atoms with Crippen LogP contribution in [-0.2, 0) is 0 Å². The molecule has 21 heavy (non-hydrogen) atoms. The maximum absolute atomic E-state index is 5.72. The van der Waals surface area contributed by atoms with Gasteiger partial charge in [0.1, 0.15) is 5.75 Å². The summed E-state index contributed by atoms with van der Waals surface area (Å²) in [6, 6.07) is 9.75. The van der Waals surface area contributed by atoms with Crippen molar-refractivity contribution in [3.8, 4) is 5.75 Å². The van der Waals surface area contributed by atoms with Crippen molar-refractivity contribution in [1.29, 1.82) is 0 Å². The van der Waals surface area contributed by atoms with E-state index < -0.39 is 0 Å². The van der Waals surface area contributed by atoms with Crippen LogP contribution >= 0.6 is 0 Å². The van der Waals surface area contributed by atoms with E-state index in [9.17, 15) is 0 Å². The Morgan fingerprint density at radius 2 is 1.90 bits per heavy atom. The molecule has 3 atom stereocenters. The fraction of sp³-hybridized carbons (Fsp3) is 0.667. The van der Waals surface area contributed by atoms with E-state index >= 15 is 0 Å². The molecular formula is C18H30N2O. The van der Waals surface area contributed by atoms with E-state index in [1.807, 2.05) is 0 Å². The van der Waals surface area contributed by atoms with Gasteiger partial charge in [-0.1, -0.05) is 13.8 Å². The Kier molecular flexibility index (Phi) is 5.51. The van der Waals surface area contributed by atoms with E-state index in [0.717, 1.165) is 18.8 Å². The van der Waals surface area contributed by atoms with E-state index in [1.165, 1.54) is 12.1 Å². The minimum Gasteiger partial charge on any atom is -0.491 e. The normalized spacial score (nSPS) is 26.2. The molecule has 1 saturated heterocycles. The van der Waals surface area contributed by atoms with Gasteiger partial charge in [0.25, 0.3) is 0 Å². The van der Waals surface area contributed by atoms with Gasteiger partial charge in [-0.25, -0.2) is 0 Å². The van der Waals surface area contributed by atoms with Crippen LogP contribution in [0.15, 0.2) is 24.3 Å². The van der Waals surface area contributed by atoms with Crippen molar-refractivity contribution in [3.63, 3.8) is 0 Å². The highest BCUT2D eigenvalue weighted by Gasteiger charge is 2.31. The van der Waals surface area contributed by atoms with Gasteiger partial charge in [-0.05, 0) is 63.9 Å². The van der Waals surface area contributed by atoms with Crippen molar-refractivity contribution in [2.24, 2.45) is 5.92 Å². The van der Waals surface area contributed by atoms with Gasteiger partial charge in [0.15, 0.2) is 0 Å². The monoisotopic (exact) mass is 290 g/mol. The lowest BCUT2D eigenvalue weighted by Gasteiger charge is -2.44. The van der Waals surface area contributed by atoms with Gasteiger partial charge < -0.3 is 15.0 Å². The van der Waals surface area contributed by atoms with Crippen molar-refractivity contribution in [3.05, 3.63) is 24.3 Å². The lowest BCUT2D eigenvalue weighted by Crippen LogP contribution is -2.53. The number of nitrogens with zero attached hydrogens (tertiary/aromatic N) is 1. The minimum absolute atomic E-state index is 0.227. The lowest BCUT2D eigenvalue weighted by molar-refractivity contribution is 0.242. The molecule has 1 fully saturated rings. The molecule has 0 spiro atoms. The number of benzene rings is 1. The highest BCUT2D eigenvalue weighted by Crippen LogP contribution is 2.30. The van der Waals surface area contributed by atoms with Crippen LogP contribution in [0.1, 0.15) is 41.0 Å². The van der Waals surface area contributed by atoms with Crippen LogP contribution in [0.2, 0.25) is 0 Å². The van der Waals surface area contributed by atoms with E-state index in [-0.39, 0.29) is 6.10 Å². The number of rotatable bonds is 5. The molecule has 3 heteroatoms. The standard InChI is InChI=1S/C18H30N2O/c1-6-19-18-11-12-20(15(5)14(18)4)16-7-9-17(10-8-16)21-13(2)3/h7-10,13-15,18-19H,6,11-12H2,1-5H3. The number of nitrogens with one attached hydrogen (secondary N) is 1. The van der Waals surface area contributed by atoms with Gasteiger partial charge in [-0.3, -0.25) is 0 Å². The van der Waals surface area contributed by atoms with Gasteiger partial charge in [0.2, 0.25) is 0 Å². The van der Waals surface area contributed by atoms with Crippen molar-refractivity contribution in [2.75, 3.05) is 18.0 Å². The molecule has 0 amide bonds. The van der Waals surface area contributed by atoms with E-state index in [1.54, 1.807) is 0 Å². The van der Waals surface area contributed by atoms with Gasteiger partial charge in [-0.2, -0.15) is 0 Å². The highest BCUT2D eigenvalue weighted by molar-refractivity contribution is 5.50. The quantitative estimate of drug-likeness (QED) is 0.895. The predicted octanol–water partition coefficient (Wildman–Crippen LogP) is 3.69. The van der Waals surface area contributed by atoms with Crippen molar-refractivity contribution < 1.29 is 4.74 Å². The van der Waals surface area contributed by atoms with Gasteiger partial charge in [0, 0.05) is 24.3 Å². The second-order valence-corrected chi connectivity index (χ2v) is 6.41. The summed E-state index contributed by atoms with van der Waals surface area (Å²) >= 11 is 0. The molecule has 0 saturated carbocycles. The first-order valence-corrected chi connectivity index (χ1v) is 8.29. The Balaban J connectivity index is 2.05. The molecule has 1 aliphatic rings. The molecule has 1 aromatic rings. The smallest absolute Gasteiger partial charge is 0.119 e. The summed E-state index contributed by atoms with van der Waals surface area (Å²) in [4.78, 5) is 2.53. The molecule has 3 nitrogen and oxygen atoms in total. The Morgan fingerprint density at radius 3 is 2.48 bits per heavy atom. The van der Waals surface area contributed by atoms with Crippen LogP contribution in [-0.4, -0.2) is 31.3 Å². The fourth-order valence-corrected chi connectivity index (χ4v) is 3.27. The molecule has 1 heterocycles. The van der Waals surface area contributed by atoms with Gasteiger partial charge in [0.05, 0.1) is 6.10 Å². The summed E-state index contributed by atoms with van der Waals surface area (Å²) < 4.78 is 5.72. The summed E-state index contributed by atoms with van der Waals surface area (Å²) in [6.07, 6.45) is 1.44. The first kappa shape index (κ1) is 16.2. The lowest BCUT2D eigenvalue weighted by atomic mass is 9.86. The highest BCUT2D eigenvalue weighted by atomic mass is 16.5. The Hall–Kier alpha value is -1.22. The Labute approximate surface area is 129 Å². The van der Waals surface area contributed by atoms with Crippen molar-refractivity contribution >= 4 is 5.69 Å². The van der Waals surface area contributed by atoms with Crippen LogP contribution in [0.3, 0.4) is 0 Å². The molecule has 1 aromatic carbocycles. The average molecular weight is 290 g/mol. The van der Waals surface area contributed by atoms with Gasteiger partial charge >= 0.3 is 0 Å². The van der Waals surface area contributed by atoms with Crippen LogP contribution in [0.5, 0.6) is 5.75 Å². The maximum Gasteiger partial charge on any atom is 0.119 e. The maximum atomic E-state index is 5.72. The van der Waals surface area contributed by atoms with Crippen LogP contribution in [0, 0.1) is 5.92 Å². The van der Waals surface area contributed by atoms with Gasteiger partial charge in [-0.15, -0.1) is 0 Å². The third kappa shape index (κ3) is 3.91. The van der Waals surface area contributed by atoms with Crippen molar-refractivity contribution in [1.82, 2.24) is 5.32 Å². The molecule has 1 aliphatic heterocycles. The summed E-state index contributed by atoms with van der Waals surface area (Å²) in [5.74, 6) is 1.61. The molecule has 118 valence electrons. The second-order valence-electron chi connectivity index (χ2n) is 6.41. The molecule has 0 aliphatic carbocycles. The summed E-state index contributed by atoms with van der Waals surface area (Å²) in [5.41, 5.74) is 1.31. The molecule has 2 rings (SSSR count). The molecular weight excluding hydrogens is 260 g/mol. The number of piperidine rings is 1. The summed E-state index contributed by atoms with van der Waals surface area (Å²) in [5, 5.41) is 3.62. The SMILES string of the molecule is CCNC1CCN(c2ccc(OC(C)C)cc2)C(C)C1C. The topological polar surface area (TPSA) is 24.5 Å². The van der Waals surface area contributed by atoms with Crippen LogP contribution in [0.25, 0.3) is 0 Å². The largest absolute Gasteiger partial charge is 0.491 e. The molecule has 0 aromatic heterocycles. The number of hydrogen-bond acceptors (Lipinski definition) is 3. The number of anilines is 1. The first-order valence-electron chi connectivity index (χ1n) is 8.29. The van der Waals surface area contributed by atoms with E-state index in [4.69, 9.17) is 4.74 Å². The minimum atomic E-state index is 0.227. The Bertz CT molecular complexity index is 429. The Morgan fingerprint density at radius 1 is 1.24 bits per heavy atom. The predicted molar refractivity (Wildman–Crippen MR) is 90.3 cm³/mol. The average Bonchev–Trinajstić information content (AvgIpc) is 2.45. The summed E-state index contributed by atoms with van der Waals surface area (Å²) in [6.45, 7) is 13.2. The molecule has 0 radical (unpaired) electrons.